The molecule has 0 aliphatic carbocycles. The highest BCUT2D eigenvalue weighted by molar-refractivity contribution is 6.30. The van der Waals surface area contributed by atoms with E-state index in [1.807, 2.05) is 28.0 Å². The summed E-state index contributed by atoms with van der Waals surface area (Å²) in [5.41, 5.74) is 2.55. The number of rotatable bonds is 5. The lowest BCUT2D eigenvalue weighted by Crippen LogP contribution is -2.49. The van der Waals surface area contributed by atoms with Crippen LogP contribution in [0.4, 0.5) is 34.9 Å². The van der Waals surface area contributed by atoms with Crippen LogP contribution in [0.2, 0.25) is 5.02 Å². The van der Waals surface area contributed by atoms with Crippen LogP contribution in [0.15, 0.2) is 77.4 Å². The number of hydrogen-bond donors (Lipinski definition) is 1. The van der Waals surface area contributed by atoms with E-state index in [0.717, 1.165) is 22.6 Å². The molecule has 0 spiro atoms. The van der Waals surface area contributed by atoms with Gasteiger partial charge >= 0.3 is 6.18 Å². The Bertz CT molecular complexity index is 1920. The monoisotopic (exact) mass is 650 g/mol. The number of fused-ring (bicyclic) bond motifs is 2. The van der Waals surface area contributed by atoms with Crippen molar-refractivity contribution in [3.05, 3.63) is 100 Å². The lowest BCUT2D eigenvalue weighted by molar-refractivity contribution is -0.138. The zero-order chi connectivity index (χ0) is 32.0. The van der Waals surface area contributed by atoms with E-state index in [9.17, 15) is 22.4 Å². The predicted octanol–water partition coefficient (Wildman–Crippen LogP) is 7.10. The molecule has 4 heterocycles. The van der Waals surface area contributed by atoms with Crippen LogP contribution in [0.3, 0.4) is 0 Å². The first kappa shape index (κ1) is 29.8. The first-order valence-electron chi connectivity index (χ1n) is 14.7. The number of piperazine rings is 1. The Kier molecular flexibility index (Phi) is 7.67. The fourth-order valence-corrected chi connectivity index (χ4v) is 6.19. The van der Waals surface area contributed by atoms with Crippen molar-refractivity contribution in [2.45, 2.75) is 12.7 Å². The molecule has 1 saturated heterocycles. The van der Waals surface area contributed by atoms with E-state index in [0.29, 0.717) is 67.7 Å². The molecule has 0 radical (unpaired) electrons. The summed E-state index contributed by atoms with van der Waals surface area (Å²) in [7, 11) is 0. The molecule has 7 rings (SSSR count). The van der Waals surface area contributed by atoms with Gasteiger partial charge in [0.2, 0.25) is 0 Å². The van der Waals surface area contributed by atoms with Gasteiger partial charge in [0.25, 0.3) is 5.91 Å². The van der Waals surface area contributed by atoms with E-state index in [4.69, 9.17) is 16.1 Å². The maximum atomic E-state index is 13.7. The van der Waals surface area contributed by atoms with Crippen LogP contribution in [-0.2, 0) is 12.7 Å². The van der Waals surface area contributed by atoms with E-state index in [-0.39, 0.29) is 23.0 Å². The summed E-state index contributed by atoms with van der Waals surface area (Å²) in [5, 5.41) is 8.30. The van der Waals surface area contributed by atoms with Gasteiger partial charge in [-0.25, -0.2) is 9.37 Å². The minimum Gasteiger partial charge on any atom is -0.367 e. The molecule has 8 nitrogen and oxygen atoms in total. The van der Waals surface area contributed by atoms with Crippen molar-refractivity contribution >= 4 is 45.8 Å². The van der Waals surface area contributed by atoms with E-state index in [1.165, 1.54) is 24.3 Å². The molecule has 1 N–H and O–H groups in total. The zero-order valence-corrected chi connectivity index (χ0v) is 25.1. The molecule has 0 unspecified atom stereocenters. The van der Waals surface area contributed by atoms with Gasteiger partial charge in [0.1, 0.15) is 11.6 Å². The SMILES string of the molecule is O=C(c1ccc(-c2cnc3c(c2)N(Cc2cc(Cl)ccc2C(F)(F)F)CCN3)cc1)N1CCN(c2noc3cc(F)ccc23)CC1. The number of carbonyl (C=O) groups excluding carboxylic acids is 1. The van der Waals surface area contributed by atoms with Crippen LogP contribution >= 0.6 is 11.6 Å². The number of pyridine rings is 1. The smallest absolute Gasteiger partial charge is 0.367 e. The number of alkyl halides is 3. The maximum absolute atomic E-state index is 13.7. The Balaban J connectivity index is 1.05. The van der Waals surface area contributed by atoms with Crippen LogP contribution in [0, 0.1) is 5.82 Å². The molecule has 46 heavy (non-hydrogen) atoms. The average Bonchev–Trinajstić information content (AvgIpc) is 3.47. The fourth-order valence-electron chi connectivity index (χ4n) is 5.99. The molecule has 1 amide bonds. The van der Waals surface area contributed by atoms with Gasteiger partial charge in [-0.3, -0.25) is 4.79 Å². The molecule has 236 valence electrons. The number of amides is 1. The number of hydrogen-bond acceptors (Lipinski definition) is 7. The zero-order valence-electron chi connectivity index (χ0n) is 24.3. The molecule has 2 aliphatic rings. The Morgan fingerprint density at radius 1 is 0.935 bits per heavy atom. The number of nitrogens with one attached hydrogen (secondary N) is 1. The van der Waals surface area contributed by atoms with E-state index in [2.05, 4.69) is 15.5 Å². The largest absolute Gasteiger partial charge is 0.416 e. The number of halogens is 5. The van der Waals surface area contributed by atoms with Crippen molar-refractivity contribution in [1.82, 2.24) is 15.0 Å². The summed E-state index contributed by atoms with van der Waals surface area (Å²) in [4.78, 5) is 23.5. The molecule has 3 aromatic carbocycles. The second-order valence-corrected chi connectivity index (χ2v) is 11.7. The minimum atomic E-state index is -4.50. The number of aromatic nitrogens is 2. The van der Waals surface area contributed by atoms with Crippen LogP contribution < -0.4 is 15.1 Å². The van der Waals surface area contributed by atoms with Gasteiger partial charge in [0.15, 0.2) is 11.4 Å². The van der Waals surface area contributed by atoms with Gasteiger partial charge in [-0.05, 0) is 59.7 Å². The third-order valence-corrected chi connectivity index (χ3v) is 8.60. The molecule has 2 aliphatic heterocycles. The van der Waals surface area contributed by atoms with Gasteiger partial charge in [-0.15, -0.1) is 0 Å². The van der Waals surface area contributed by atoms with Gasteiger partial charge in [0, 0.05) is 74.2 Å². The molecule has 1 fully saturated rings. The highest BCUT2D eigenvalue weighted by Crippen LogP contribution is 2.37. The van der Waals surface area contributed by atoms with Crippen molar-refractivity contribution in [2.75, 3.05) is 54.4 Å². The lowest BCUT2D eigenvalue weighted by atomic mass is 10.0. The van der Waals surface area contributed by atoms with Crippen LogP contribution in [-0.4, -0.2) is 60.2 Å². The molecule has 0 atom stereocenters. The second-order valence-electron chi connectivity index (χ2n) is 11.2. The van der Waals surface area contributed by atoms with Crippen molar-refractivity contribution in [3.63, 3.8) is 0 Å². The summed E-state index contributed by atoms with van der Waals surface area (Å²) >= 11 is 6.07. The minimum absolute atomic E-state index is 0.0152. The van der Waals surface area contributed by atoms with Crippen molar-refractivity contribution in [1.29, 1.82) is 0 Å². The number of nitrogens with zero attached hydrogens (tertiary/aromatic N) is 5. The van der Waals surface area contributed by atoms with Crippen molar-refractivity contribution in [2.24, 2.45) is 0 Å². The summed E-state index contributed by atoms with van der Waals surface area (Å²) in [5.74, 6) is 0.726. The Hall–Kier alpha value is -4.84. The van der Waals surface area contributed by atoms with Crippen LogP contribution in [0.1, 0.15) is 21.5 Å². The van der Waals surface area contributed by atoms with Crippen molar-refractivity contribution in [3.8, 4) is 11.1 Å². The summed E-state index contributed by atoms with van der Waals surface area (Å²) in [6.07, 6.45) is -2.80. The highest BCUT2D eigenvalue weighted by atomic mass is 35.5. The molecule has 0 saturated carbocycles. The summed E-state index contributed by atoms with van der Waals surface area (Å²) in [6.45, 7) is 3.09. The molecule has 13 heteroatoms. The molecule has 2 aromatic heterocycles. The fraction of sp³-hybridized carbons (Fsp3) is 0.242. The standard InChI is InChI=1S/C33H27ClF4N6O2/c34-24-5-8-27(33(36,37)38)23(15-24)19-44-10-9-39-30-28(44)16-22(18-40-30)20-1-3-21(4-2-20)32(45)43-13-11-42(12-14-43)31-26-7-6-25(35)17-29(26)46-41-31/h1-8,15-18H,9-14,19H2,(H,39,40). The Morgan fingerprint density at radius 2 is 1.72 bits per heavy atom. The molecule has 0 bridgehead atoms. The normalized spacial score (nSPS) is 15.2. The number of carbonyl (C=O) groups is 1. The van der Waals surface area contributed by atoms with Gasteiger partial charge < -0.3 is 24.5 Å². The highest BCUT2D eigenvalue weighted by Gasteiger charge is 2.34. The number of anilines is 3. The molecular weight excluding hydrogens is 624 g/mol. The van der Waals surface area contributed by atoms with Crippen LogP contribution in [0.5, 0.6) is 0 Å². The van der Waals surface area contributed by atoms with Gasteiger partial charge in [0.05, 0.1) is 16.6 Å². The number of benzene rings is 3. The molecule has 5 aromatic rings. The predicted molar refractivity (Wildman–Crippen MR) is 168 cm³/mol. The van der Waals surface area contributed by atoms with Gasteiger partial charge in [-0.2, -0.15) is 13.2 Å². The topological polar surface area (TPSA) is 77.7 Å². The third-order valence-electron chi connectivity index (χ3n) is 8.36. The van der Waals surface area contributed by atoms with E-state index in [1.54, 1.807) is 29.3 Å². The average molecular weight is 651 g/mol. The lowest BCUT2D eigenvalue weighted by Gasteiger charge is -2.34. The van der Waals surface area contributed by atoms with Crippen molar-refractivity contribution < 1.29 is 26.9 Å². The first-order chi connectivity index (χ1) is 22.1. The molecular formula is C33H27ClF4N6O2. The quantitative estimate of drug-likeness (QED) is 0.204. The van der Waals surface area contributed by atoms with E-state index >= 15 is 0 Å². The Morgan fingerprint density at radius 3 is 2.48 bits per heavy atom. The first-order valence-corrected chi connectivity index (χ1v) is 15.1. The van der Waals surface area contributed by atoms with E-state index < -0.39 is 17.6 Å². The second kappa shape index (κ2) is 11.8. The van der Waals surface area contributed by atoms with Crippen LogP contribution in [0.25, 0.3) is 22.1 Å². The maximum Gasteiger partial charge on any atom is 0.416 e. The summed E-state index contributed by atoms with van der Waals surface area (Å²) in [6, 6.07) is 17.0. The summed E-state index contributed by atoms with van der Waals surface area (Å²) < 4.78 is 60.0. The Labute approximate surface area is 266 Å². The van der Waals surface area contributed by atoms with Gasteiger partial charge in [-0.1, -0.05) is 28.9 Å². The third kappa shape index (κ3) is 5.80.